The molecule has 2 unspecified atom stereocenters. The lowest BCUT2D eigenvalue weighted by molar-refractivity contribution is -0.138. The molecule has 1 aliphatic rings. The summed E-state index contributed by atoms with van der Waals surface area (Å²) in [4.78, 5) is 11.0. The summed E-state index contributed by atoms with van der Waals surface area (Å²) in [6.45, 7) is 2.14. The average molecular weight is 205 g/mol. The van der Waals surface area contributed by atoms with Crippen LogP contribution in [0.4, 0.5) is 5.69 Å². The van der Waals surface area contributed by atoms with Crippen LogP contribution >= 0.6 is 0 Å². The van der Waals surface area contributed by atoms with Gasteiger partial charge in [-0.2, -0.15) is 0 Å². The second-order valence-corrected chi connectivity index (χ2v) is 4.10. The number of rotatable bonds is 1. The quantitative estimate of drug-likeness (QED) is 0.740. The zero-order valence-corrected chi connectivity index (χ0v) is 8.73. The van der Waals surface area contributed by atoms with Crippen LogP contribution in [0.3, 0.4) is 0 Å². The molecular formula is C12H15NO2. The molecule has 1 aromatic rings. The SMILES string of the molecule is CC1CCC(C(=O)O)Nc2ccccc21. The number of aliphatic carboxylic acids is 1. The van der Waals surface area contributed by atoms with Gasteiger partial charge >= 0.3 is 5.97 Å². The molecule has 0 spiro atoms. The minimum absolute atomic E-state index is 0.429. The molecule has 0 saturated carbocycles. The second kappa shape index (κ2) is 3.93. The van der Waals surface area contributed by atoms with E-state index in [1.165, 1.54) is 5.56 Å². The van der Waals surface area contributed by atoms with Crippen molar-refractivity contribution in [3.63, 3.8) is 0 Å². The van der Waals surface area contributed by atoms with Gasteiger partial charge in [0.25, 0.3) is 0 Å². The summed E-state index contributed by atoms with van der Waals surface area (Å²) >= 11 is 0. The third kappa shape index (κ3) is 1.96. The highest BCUT2D eigenvalue weighted by molar-refractivity contribution is 5.78. The summed E-state index contributed by atoms with van der Waals surface area (Å²) in [5, 5.41) is 12.1. The Hall–Kier alpha value is -1.51. The zero-order chi connectivity index (χ0) is 10.8. The monoisotopic (exact) mass is 205 g/mol. The number of hydrogen-bond acceptors (Lipinski definition) is 2. The van der Waals surface area contributed by atoms with Gasteiger partial charge in [0.15, 0.2) is 0 Å². The minimum atomic E-state index is -0.765. The lowest BCUT2D eigenvalue weighted by atomic mass is 9.95. The summed E-state index contributed by atoms with van der Waals surface area (Å²) in [6, 6.07) is 7.50. The van der Waals surface area contributed by atoms with Crippen molar-refractivity contribution in [3.8, 4) is 0 Å². The number of carbonyl (C=O) groups is 1. The fourth-order valence-corrected chi connectivity index (χ4v) is 2.08. The molecule has 1 aromatic carbocycles. The van der Waals surface area contributed by atoms with E-state index in [9.17, 15) is 4.79 Å². The van der Waals surface area contributed by atoms with E-state index in [0.717, 1.165) is 12.1 Å². The van der Waals surface area contributed by atoms with Crippen LogP contribution in [-0.4, -0.2) is 17.1 Å². The fraction of sp³-hybridized carbons (Fsp3) is 0.417. The van der Waals surface area contributed by atoms with E-state index in [4.69, 9.17) is 5.11 Å². The Morgan fingerprint density at radius 3 is 2.87 bits per heavy atom. The normalized spacial score (nSPS) is 24.9. The number of carboxylic acids is 1. The molecular weight excluding hydrogens is 190 g/mol. The van der Waals surface area contributed by atoms with Gasteiger partial charge in [0.05, 0.1) is 0 Å². The molecule has 0 saturated heterocycles. The van der Waals surface area contributed by atoms with Gasteiger partial charge in [-0.15, -0.1) is 0 Å². The first-order valence-corrected chi connectivity index (χ1v) is 5.26. The van der Waals surface area contributed by atoms with Gasteiger partial charge in [0.1, 0.15) is 6.04 Å². The number of para-hydroxylation sites is 1. The molecule has 3 heteroatoms. The standard InChI is InChI=1S/C12H15NO2/c1-8-6-7-11(12(14)15)13-10-5-3-2-4-9(8)10/h2-5,8,11,13H,6-7H2,1H3,(H,14,15). The molecule has 0 aliphatic carbocycles. The van der Waals surface area contributed by atoms with Crippen LogP contribution in [0, 0.1) is 0 Å². The van der Waals surface area contributed by atoms with Crippen LogP contribution in [-0.2, 0) is 4.79 Å². The van der Waals surface area contributed by atoms with Crippen LogP contribution < -0.4 is 5.32 Å². The van der Waals surface area contributed by atoms with Crippen LogP contribution in [0.2, 0.25) is 0 Å². The van der Waals surface area contributed by atoms with Crippen LogP contribution in [0.25, 0.3) is 0 Å². The van der Waals surface area contributed by atoms with E-state index < -0.39 is 12.0 Å². The molecule has 0 amide bonds. The molecule has 0 fully saturated rings. The molecule has 80 valence electrons. The molecule has 15 heavy (non-hydrogen) atoms. The van der Waals surface area contributed by atoms with Crippen molar-refractivity contribution in [2.24, 2.45) is 0 Å². The highest BCUT2D eigenvalue weighted by atomic mass is 16.4. The maximum Gasteiger partial charge on any atom is 0.326 e. The Kier molecular flexibility index (Phi) is 2.62. The summed E-state index contributed by atoms with van der Waals surface area (Å²) in [7, 11) is 0. The summed E-state index contributed by atoms with van der Waals surface area (Å²) < 4.78 is 0. The first-order valence-electron chi connectivity index (χ1n) is 5.26. The van der Waals surface area contributed by atoms with Gasteiger partial charge in [-0.3, -0.25) is 0 Å². The predicted molar refractivity (Wildman–Crippen MR) is 59.1 cm³/mol. The van der Waals surface area contributed by atoms with Crippen molar-refractivity contribution in [1.82, 2.24) is 0 Å². The summed E-state index contributed by atoms with van der Waals surface area (Å²) in [6.07, 6.45) is 1.60. The first-order chi connectivity index (χ1) is 7.18. The smallest absolute Gasteiger partial charge is 0.326 e. The van der Waals surface area contributed by atoms with Gasteiger partial charge in [0, 0.05) is 5.69 Å². The molecule has 1 heterocycles. The average Bonchev–Trinajstić information content (AvgIpc) is 2.39. The Bertz CT molecular complexity index is 376. The maximum atomic E-state index is 11.0. The Labute approximate surface area is 89.1 Å². The molecule has 2 rings (SSSR count). The highest BCUT2D eigenvalue weighted by Crippen LogP contribution is 2.32. The molecule has 2 atom stereocenters. The maximum absolute atomic E-state index is 11.0. The Balaban J connectivity index is 2.33. The van der Waals surface area contributed by atoms with Crippen molar-refractivity contribution in [2.45, 2.75) is 31.7 Å². The lowest BCUT2D eigenvalue weighted by Gasteiger charge is -2.13. The van der Waals surface area contributed by atoms with E-state index in [1.54, 1.807) is 0 Å². The van der Waals surface area contributed by atoms with Crippen molar-refractivity contribution in [1.29, 1.82) is 0 Å². The third-order valence-electron chi connectivity index (χ3n) is 3.01. The number of fused-ring (bicyclic) bond motifs is 1. The van der Waals surface area contributed by atoms with E-state index >= 15 is 0 Å². The molecule has 2 N–H and O–H groups in total. The van der Waals surface area contributed by atoms with Crippen molar-refractivity contribution >= 4 is 11.7 Å². The molecule has 3 nitrogen and oxygen atoms in total. The van der Waals surface area contributed by atoms with Crippen LogP contribution in [0.15, 0.2) is 24.3 Å². The van der Waals surface area contributed by atoms with Gasteiger partial charge in [-0.05, 0) is 30.4 Å². The highest BCUT2D eigenvalue weighted by Gasteiger charge is 2.24. The second-order valence-electron chi connectivity index (χ2n) is 4.10. The van der Waals surface area contributed by atoms with Crippen LogP contribution in [0.1, 0.15) is 31.2 Å². The fourth-order valence-electron chi connectivity index (χ4n) is 2.08. The van der Waals surface area contributed by atoms with Gasteiger partial charge < -0.3 is 10.4 Å². The number of benzene rings is 1. The van der Waals surface area contributed by atoms with E-state index in [-0.39, 0.29) is 0 Å². The van der Waals surface area contributed by atoms with E-state index in [2.05, 4.69) is 18.3 Å². The Morgan fingerprint density at radius 2 is 2.13 bits per heavy atom. The summed E-state index contributed by atoms with van der Waals surface area (Å²) in [5.74, 6) is -0.336. The van der Waals surface area contributed by atoms with Crippen molar-refractivity contribution < 1.29 is 9.90 Å². The van der Waals surface area contributed by atoms with Gasteiger partial charge in [-0.1, -0.05) is 25.1 Å². The number of anilines is 1. The molecule has 1 aliphatic heterocycles. The summed E-state index contributed by atoms with van der Waals surface area (Å²) in [5.41, 5.74) is 2.19. The van der Waals surface area contributed by atoms with E-state index in [0.29, 0.717) is 12.3 Å². The van der Waals surface area contributed by atoms with Gasteiger partial charge in [0.2, 0.25) is 0 Å². The predicted octanol–water partition coefficient (Wildman–Crippen LogP) is 2.45. The van der Waals surface area contributed by atoms with E-state index in [1.807, 2.05) is 18.2 Å². The van der Waals surface area contributed by atoms with Gasteiger partial charge in [-0.25, -0.2) is 4.79 Å². The Morgan fingerprint density at radius 1 is 1.40 bits per heavy atom. The molecule has 0 aromatic heterocycles. The minimum Gasteiger partial charge on any atom is -0.480 e. The van der Waals surface area contributed by atoms with Crippen molar-refractivity contribution in [2.75, 3.05) is 5.32 Å². The van der Waals surface area contributed by atoms with Crippen LogP contribution in [0.5, 0.6) is 0 Å². The number of nitrogens with one attached hydrogen (secondary N) is 1. The largest absolute Gasteiger partial charge is 0.480 e. The molecule has 0 bridgehead atoms. The number of hydrogen-bond donors (Lipinski definition) is 2. The lowest BCUT2D eigenvalue weighted by Crippen LogP contribution is -2.28. The third-order valence-corrected chi connectivity index (χ3v) is 3.01. The van der Waals surface area contributed by atoms with Crippen molar-refractivity contribution in [3.05, 3.63) is 29.8 Å². The topological polar surface area (TPSA) is 49.3 Å². The first kappa shape index (κ1) is 10.0. The zero-order valence-electron chi connectivity index (χ0n) is 8.73. The number of carboxylic acid groups (broad SMARTS) is 1. The molecule has 0 radical (unpaired) electrons.